The Bertz CT molecular complexity index is 963. The second-order valence-corrected chi connectivity index (χ2v) is 6.15. The fraction of sp³-hybridized carbons (Fsp3) is 0.158. The van der Waals surface area contributed by atoms with Crippen LogP contribution in [0.3, 0.4) is 0 Å². The molecule has 0 saturated heterocycles. The summed E-state index contributed by atoms with van der Waals surface area (Å²) >= 11 is 6.27. The third kappa shape index (κ3) is 4.43. The van der Waals surface area contributed by atoms with Crippen LogP contribution in [0.15, 0.2) is 65.6 Å². The second-order valence-electron chi connectivity index (χ2n) is 5.77. The Balaban J connectivity index is 1.80. The van der Waals surface area contributed by atoms with E-state index < -0.39 is 12.2 Å². The van der Waals surface area contributed by atoms with Crippen LogP contribution < -0.4 is 15.2 Å². The van der Waals surface area contributed by atoms with Crippen molar-refractivity contribution in [2.24, 2.45) is 0 Å². The topological polar surface area (TPSA) is 47.4 Å². The Morgan fingerprint density at radius 1 is 1.15 bits per heavy atom. The van der Waals surface area contributed by atoms with E-state index in [1.165, 1.54) is 23.0 Å². The van der Waals surface area contributed by atoms with Crippen LogP contribution in [0.5, 0.6) is 5.75 Å². The summed E-state index contributed by atoms with van der Waals surface area (Å²) in [7, 11) is 1.76. The molecule has 1 aromatic heterocycles. The fourth-order valence-corrected chi connectivity index (χ4v) is 2.85. The van der Waals surface area contributed by atoms with Crippen LogP contribution in [-0.2, 0) is 6.54 Å². The lowest BCUT2D eigenvalue weighted by Gasteiger charge is -2.20. The molecule has 0 aliphatic rings. The van der Waals surface area contributed by atoms with Crippen LogP contribution >= 0.6 is 11.6 Å². The molecule has 0 N–H and O–H groups in total. The van der Waals surface area contributed by atoms with Gasteiger partial charge in [-0.3, -0.25) is 4.79 Å². The molecule has 3 aromatic rings. The highest BCUT2D eigenvalue weighted by atomic mass is 35.5. The van der Waals surface area contributed by atoms with Crippen molar-refractivity contribution in [3.8, 4) is 11.4 Å². The number of hydrogen-bond donors (Lipinski definition) is 0. The van der Waals surface area contributed by atoms with Crippen molar-refractivity contribution in [1.29, 1.82) is 0 Å². The van der Waals surface area contributed by atoms with E-state index in [1.807, 2.05) is 6.07 Å². The van der Waals surface area contributed by atoms with Crippen molar-refractivity contribution in [3.63, 3.8) is 0 Å². The van der Waals surface area contributed by atoms with Crippen molar-refractivity contribution in [2.45, 2.75) is 13.2 Å². The molecular weight excluding hydrogens is 376 g/mol. The largest absolute Gasteiger partial charge is 0.435 e. The molecule has 1 heterocycles. The maximum atomic E-state index is 12.5. The van der Waals surface area contributed by atoms with Crippen molar-refractivity contribution >= 4 is 17.3 Å². The third-order valence-electron chi connectivity index (χ3n) is 3.88. The van der Waals surface area contributed by atoms with Crippen LogP contribution in [0.2, 0.25) is 5.02 Å². The Labute approximate surface area is 159 Å². The lowest BCUT2D eigenvalue weighted by molar-refractivity contribution is -0.0498. The monoisotopic (exact) mass is 391 g/mol. The predicted molar refractivity (Wildman–Crippen MR) is 100 cm³/mol. The van der Waals surface area contributed by atoms with Crippen molar-refractivity contribution in [2.75, 3.05) is 11.9 Å². The third-order valence-corrected chi connectivity index (χ3v) is 4.24. The van der Waals surface area contributed by atoms with Crippen LogP contribution in [0.25, 0.3) is 5.69 Å². The molecule has 0 unspecified atom stereocenters. The average molecular weight is 392 g/mol. The number of para-hydroxylation sites is 1. The highest BCUT2D eigenvalue weighted by Gasteiger charge is 2.14. The minimum absolute atomic E-state index is 0.0500. The minimum atomic E-state index is -2.86. The smallest absolute Gasteiger partial charge is 0.387 e. The molecule has 0 fully saturated rings. The summed E-state index contributed by atoms with van der Waals surface area (Å²) in [6.45, 7) is -2.45. The van der Waals surface area contributed by atoms with Crippen molar-refractivity contribution < 1.29 is 13.5 Å². The fourth-order valence-electron chi connectivity index (χ4n) is 2.58. The van der Waals surface area contributed by atoms with Gasteiger partial charge in [-0.1, -0.05) is 41.9 Å². The van der Waals surface area contributed by atoms with E-state index in [0.29, 0.717) is 17.9 Å². The molecule has 0 saturated carbocycles. The van der Waals surface area contributed by atoms with Crippen LogP contribution in [0.4, 0.5) is 14.5 Å². The highest BCUT2D eigenvalue weighted by Crippen LogP contribution is 2.23. The second kappa shape index (κ2) is 8.18. The molecule has 0 radical (unpaired) electrons. The lowest BCUT2D eigenvalue weighted by atomic mass is 10.2. The van der Waals surface area contributed by atoms with E-state index in [-0.39, 0.29) is 10.8 Å². The number of nitrogens with zero attached hydrogens (tertiary/aromatic N) is 3. The van der Waals surface area contributed by atoms with Gasteiger partial charge in [-0.15, -0.1) is 0 Å². The summed E-state index contributed by atoms with van der Waals surface area (Å²) in [5, 5.41) is 4.24. The molecule has 140 valence electrons. The molecule has 0 bridgehead atoms. The van der Waals surface area contributed by atoms with E-state index in [1.54, 1.807) is 48.3 Å². The normalized spacial score (nSPS) is 10.9. The van der Waals surface area contributed by atoms with Gasteiger partial charge in [0.1, 0.15) is 10.8 Å². The molecule has 5 nitrogen and oxygen atoms in total. The SMILES string of the molecule is CN(Cc1ccc(OC(F)F)cc1)c1cnn(-c2ccccc2)c(=O)c1Cl. The van der Waals surface area contributed by atoms with Crippen LogP contribution in [0.1, 0.15) is 5.56 Å². The molecule has 27 heavy (non-hydrogen) atoms. The van der Waals surface area contributed by atoms with Gasteiger partial charge in [0.2, 0.25) is 0 Å². The minimum Gasteiger partial charge on any atom is -0.435 e. The standard InChI is InChI=1S/C19H16ClF2N3O2/c1-24(12-13-7-9-15(10-8-13)27-19(21)22)16-11-23-25(18(26)17(16)20)14-5-3-2-4-6-14/h2-11,19H,12H2,1H3. The Kier molecular flexibility index (Phi) is 5.71. The lowest BCUT2D eigenvalue weighted by Crippen LogP contribution is -2.26. The first-order chi connectivity index (χ1) is 13.0. The van der Waals surface area contributed by atoms with Gasteiger partial charge in [-0.05, 0) is 29.8 Å². The quantitative estimate of drug-likeness (QED) is 0.634. The molecule has 8 heteroatoms. The van der Waals surface area contributed by atoms with E-state index in [0.717, 1.165) is 5.56 Å². The maximum Gasteiger partial charge on any atom is 0.387 e. The molecule has 0 amide bonds. The Morgan fingerprint density at radius 2 is 1.81 bits per heavy atom. The van der Waals surface area contributed by atoms with E-state index in [4.69, 9.17) is 11.6 Å². The van der Waals surface area contributed by atoms with Crippen LogP contribution in [-0.4, -0.2) is 23.4 Å². The summed E-state index contributed by atoms with van der Waals surface area (Å²) in [4.78, 5) is 14.3. The number of halogens is 3. The van der Waals surface area contributed by atoms with Gasteiger partial charge in [0.05, 0.1) is 17.6 Å². The van der Waals surface area contributed by atoms with Crippen molar-refractivity contribution in [3.05, 3.63) is 81.7 Å². The number of anilines is 1. The average Bonchev–Trinajstić information content (AvgIpc) is 2.65. The number of rotatable bonds is 6. The zero-order valence-electron chi connectivity index (χ0n) is 14.3. The molecule has 0 spiro atoms. The molecule has 0 aliphatic carbocycles. The van der Waals surface area contributed by atoms with Gasteiger partial charge >= 0.3 is 6.61 Å². The number of hydrogen-bond acceptors (Lipinski definition) is 4. The van der Waals surface area contributed by atoms with E-state index in [2.05, 4.69) is 9.84 Å². The molecule has 0 aliphatic heterocycles. The van der Waals surface area contributed by atoms with Gasteiger partial charge in [-0.2, -0.15) is 18.6 Å². The Morgan fingerprint density at radius 3 is 2.44 bits per heavy atom. The number of aromatic nitrogens is 2. The molecular formula is C19H16ClF2N3O2. The number of benzene rings is 2. The Hall–Kier alpha value is -2.93. The van der Waals surface area contributed by atoms with Crippen molar-refractivity contribution in [1.82, 2.24) is 9.78 Å². The zero-order valence-corrected chi connectivity index (χ0v) is 15.1. The first kappa shape index (κ1) is 18.8. The summed E-state index contributed by atoms with van der Waals surface area (Å²) in [6, 6.07) is 15.2. The summed E-state index contributed by atoms with van der Waals surface area (Å²) in [5.41, 5.74) is 1.50. The highest BCUT2D eigenvalue weighted by molar-refractivity contribution is 6.33. The van der Waals surface area contributed by atoms with Gasteiger partial charge < -0.3 is 9.64 Å². The van der Waals surface area contributed by atoms with Gasteiger partial charge in [0, 0.05) is 13.6 Å². The summed E-state index contributed by atoms with van der Waals surface area (Å²) in [5.74, 6) is 0.0848. The first-order valence-electron chi connectivity index (χ1n) is 8.04. The van der Waals surface area contributed by atoms with Gasteiger partial charge in [0.15, 0.2) is 0 Å². The van der Waals surface area contributed by atoms with Gasteiger partial charge in [-0.25, -0.2) is 0 Å². The molecule has 3 rings (SSSR count). The summed E-state index contributed by atoms with van der Waals surface area (Å²) < 4.78 is 30.0. The van der Waals surface area contributed by atoms with E-state index >= 15 is 0 Å². The first-order valence-corrected chi connectivity index (χ1v) is 8.41. The van der Waals surface area contributed by atoms with E-state index in [9.17, 15) is 13.6 Å². The van der Waals surface area contributed by atoms with Crippen LogP contribution in [0, 0.1) is 0 Å². The zero-order chi connectivity index (χ0) is 19.4. The number of ether oxygens (including phenoxy) is 1. The summed E-state index contributed by atoms with van der Waals surface area (Å²) in [6.07, 6.45) is 1.52. The van der Waals surface area contributed by atoms with Gasteiger partial charge in [0.25, 0.3) is 5.56 Å². The molecule has 2 aromatic carbocycles. The molecule has 0 atom stereocenters. The predicted octanol–water partition coefficient (Wildman–Crippen LogP) is 4.12. The maximum absolute atomic E-state index is 12.5. The number of alkyl halides is 2.